The summed E-state index contributed by atoms with van der Waals surface area (Å²) in [5.41, 5.74) is 0. The molecule has 3 heterocycles. The fraction of sp³-hybridized carbons (Fsp3) is 0.353. The van der Waals surface area contributed by atoms with Crippen molar-refractivity contribution in [2.45, 2.75) is 26.7 Å². The lowest BCUT2D eigenvalue weighted by atomic mass is 10.4. The van der Waals surface area contributed by atoms with E-state index in [-0.39, 0.29) is 0 Å². The van der Waals surface area contributed by atoms with Crippen molar-refractivity contribution in [3.63, 3.8) is 0 Å². The second-order valence-corrected chi connectivity index (χ2v) is 5.28. The standard InChI is InChI=1S/C17H21N5/c1-3-8-19-10-12-21(14-19)16-6-5-7-17(18-16)22-13-11-20(15-22)9-4-2/h5-7,10-13H,3-4,8-9H2,1-2H3. The number of anilines is 2. The lowest BCUT2D eigenvalue weighted by Crippen LogP contribution is -2.22. The highest BCUT2D eigenvalue weighted by Gasteiger charge is 2.20. The predicted molar refractivity (Wildman–Crippen MR) is 88.0 cm³/mol. The molecule has 0 unspecified atom stereocenters. The number of pyridine rings is 1. The largest absolute Gasteiger partial charge is 0.346 e. The second-order valence-electron chi connectivity index (χ2n) is 5.28. The fourth-order valence-electron chi connectivity index (χ4n) is 2.37. The smallest absolute Gasteiger partial charge is 0.214 e. The first-order chi connectivity index (χ1) is 10.8. The number of nitrogens with zero attached hydrogens (tertiary/aromatic N) is 5. The monoisotopic (exact) mass is 295 g/mol. The minimum absolute atomic E-state index is 0.858. The molecule has 1 aromatic heterocycles. The molecule has 1 aromatic rings. The zero-order chi connectivity index (χ0) is 15.4. The number of hydrogen-bond donors (Lipinski definition) is 0. The highest BCUT2D eigenvalue weighted by Crippen LogP contribution is 2.25. The molecule has 2 aliphatic rings. The molecule has 3 rings (SSSR count). The van der Waals surface area contributed by atoms with Crippen LogP contribution in [0.3, 0.4) is 0 Å². The summed E-state index contributed by atoms with van der Waals surface area (Å²) in [6.07, 6.45) is 10.2. The van der Waals surface area contributed by atoms with Gasteiger partial charge >= 0.3 is 0 Å². The predicted octanol–water partition coefficient (Wildman–Crippen LogP) is 3.08. The van der Waals surface area contributed by atoms with Gasteiger partial charge in [-0.15, -0.1) is 0 Å². The first kappa shape index (κ1) is 14.8. The van der Waals surface area contributed by atoms with Gasteiger partial charge < -0.3 is 9.80 Å². The third-order valence-corrected chi connectivity index (χ3v) is 3.41. The summed E-state index contributed by atoms with van der Waals surface area (Å²) < 4.78 is 0. The molecule has 0 bridgehead atoms. The molecule has 0 amide bonds. The van der Waals surface area contributed by atoms with Crippen LogP contribution in [0.5, 0.6) is 0 Å². The highest BCUT2D eigenvalue weighted by atomic mass is 15.4. The lowest BCUT2D eigenvalue weighted by Gasteiger charge is -2.20. The van der Waals surface area contributed by atoms with Gasteiger partial charge in [0.15, 0.2) is 0 Å². The summed E-state index contributed by atoms with van der Waals surface area (Å²) in [4.78, 5) is 12.6. The lowest BCUT2D eigenvalue weighted by molar-refractivity contribution is 0.464. The van der Waals surface area contributed by atoms with Gasteiger partial charge in [-0.2, -0.15) is 0 Å². The molecule has 22 heavy (non-hydrogen) atoms. The molecule has 0 saturated heterocycles. The Kier molecular flexibility index (Phi) is 4.51. The minimum atomic E-state index is 0.858. The molecule has 5 heteroatoms. The van der Waals surface area contributed by atoms with E-state index in [0.29, 0.717) is 0 Å². The van der Waals surface area contributed by atoms with Crippen LogP contribution in [0.1, 0.15) is 26.7 Å². The van der Waals surface area contributed by atoms with E-state index in [1.807, 2.05) is 62.6 Å². The normalized spacial score (nSPS) is 17.2. The van der Waals surface area contributed by atoms with Gasteiger partial charge in [-0.25, -0.2) is 4.98 Å². The summed E-state index contributed by atoms with van der Waals surface area (Å²) in [7, 11) is 0. The molecule has 0 aliphatic carbocycles. The quantitative estimate of drug-likeness (QED) is 0.803. The van der Waals surface area contributed by atoms with Crippen LogP contribution in [0.2, 0.25) is 0 Å². The Bertz CT molecular complexity index is 508. The van der Waals surface area contributed by atoms with Gasteiger partial charge in [0.1, 0.15) is 11.6 Å². The third-order valence-electron chi connectivity index (χ3n) is 3.41. The minimum Gasteiger partial charge on any atom is -0.346 e. The molecule has 2 aliphatic heterocycles. The van der Waals surface area contributed by atoms with E-state index in [0.717, 1.165) is 37.6 Å². The summed E-state index contributed by atoms with van der Waals surface area (Å²) in [5, 5.41) is 0. The molecule has 5 nitrogen and oxygen atoms in total. The van der Waals surface area contributed by atoms with Crippen LogP contribution in [0.25, 0.3) is 0 Å². The van der Waals surface area contributed by atoms with Gasteiger partial charge in [-0.3, -0.25) is 9.80 Å². The average molecular weight is 295 g/mol. The van der Waals surface area contributed by atoms with Gasteiger partial charge in [0.05, 0.1) is 0 Å². The fourth-order valence-corrected chi connectivity index (χ4v) is 2.37. The van der Waals surface area contributed by atoms with Gasteiger partial charge in [-0.05, 0) is 25.0 Å². The zero-order valence-corrected chi connectivity index (χ0v) is 13.1. The second kappa shape index (κ2) is 6.73. The molecule has 0 N–H and O–H groups in total. The summed E-state index contributed by atoms with van der Waals surface area (Å²) in [6, 6.07) is 5.98. The highest BCUT2D eigenvalue weighted by molar-refractivity contribution is 5.55. The van der Waals surface area contributed by atoms with E-state index in [9.17, 15) is 0 Å². The van der Waals surface area contributed by atoms with Gasteiger partial charge in [0, 0.05) is 37.9 Å². The Morgan fingerprint density at radius 3 is 1.77 bits per heavy atom. The molecule has 0 fully saturated rings. The van der Waals surface area contributed by atoms with E-state index in [1.165, 1.54) is 0 Å². The maximum atomic E-state index is 4.70. The zero-order valence-electron chi connectivity index (χ0n) is 13.1. The van der Waals surface area contributed by atoms with Crippen molar-refractivity contribution in [1.82, 2.24) is 14.8 Å². The Hall–Kier alpha value is -2.17. The van der Waals surface area contributed by atoms with E-state index in [1.54, 1.807) is 0 Å². The van der Waals surface area contributed by atoms with Crippen LogP contribution in [0.4, 0.5) is 11.6 Å². The Morgan fingerprint density at radius 2 is 1.32 bits per heavy atom. The maximum absolute atomic E-state index is 4.70. The van der Waals surface area contributed by atoms with Crippen LogP contribution in [-0.2, 0) is 0 Å². The summed E-state index contributed by atoms with van der Waals surface area (Å²) >= 11 is 0. The third kappa shape index (κ3) is 3.18. The summed E-state index contributed by atoms with van der Waals surface area (Å²) in [5.74, 6) is 1.72. The molecule has 4 radical (unpaired) electrons. The van der Waals surface area contributed by atoms with E-state index in [2.05, 4.69) is 27.2 Å². The van der Waals surface area contributed by atoms with Crippen molar-refractivity contribution in [3.05, 3.63) is 56.3 Å². The van der Waals surface area contributed by atoms with Crippen LogP contribution in [0.15, 0.2) is 43.0 Å². The molecule has 0 aromatic carbocycles. The van der Waals surface area contributed by atoms with Gasteiger partial charge in [0.2, 0.25) is 13.3 Å². The molecule has 0 atom stereocenters. The van der Waals surface area contributed by atoms with Crippen molar-refractivity contribution < 1.29 is 0 Å². The Morgan fingerprint density at radius 1 is 0.818 bits per heavy atom. The average Bonchev–Trinajstić information content (AvgIpc) is 3.18. The maximum Gasteiger partial charge on any atom is 0.214 e. The van der Waals surface area contributed by atoms with Crippen molar-refractivity contribution >= 4 is 11.6 Å². The van der Waals surface area contributed by atoms with E-state index in [4.69, 9.17) is 4.98 Å². The molecular weight excluding hydrogens is 274 g/mol. The summed E-state index contributed by atoms with van der Waals surface area (Å²) in [6.45, 7) is 12.8. The Labute approximate surface area is 133 Å². The number of aromatic nitrogens is 1. The first-order valence-electron chi connectivity index (χ1n) is 7.78. The van der Waals surface area contributed by atoms with Crippen LogP contribution in [-0.4, -0.2) is 27.9 Å². The Balaban J connectivity index is 1.67. The number of hydrogen-bond acceptors (Lipinski definition) is 5. The van der Waals surface area contributed by atoms with Crippen LogP contribution >= 0.6 is 0 Å². The molecule has 0 spiro atoms. The van der Waals surface area contributed by atoms with Crippen LogP contribution in [0, 0.1) is 13.3 Å². The van der Waals surface area contributed by atoms with Crippen LogP contribution < -0.4 is 9.80 Å². The van der Waals surface area contributed by atoms with Crippen molar-refractivity contribution in [2.24, 2.45) is 0 Å². The van der Waals surface area contributed by atoms with Crippen molar-refractivity contribution in [3.8, 4) is 0 Å². The van der Waals surface area contributed by atoms with E-state index >= 15 is 0 Å². The molecular formula is C17H21N5. The SMILES string of the molecule is CCCN1[C]N(c2cccc(N3[C]N(CCC)C=C3)n2)C=C1. The number of rotatable bonds is 6. The topological polar surface area (TPSA) is 25.9 Å². The first-order valence-corrected chi connectivity index (χ1v) is 7.78. The van der Waals surface area contributed by atoms with Gasteiger partial charge in [-0.1, -0.05) is 19.9 Å². The molecule has 0 saturated carbocycles. The van der Waals surface area contributed by atoms with Crippen molar-refractivity contribution in [1.29, 1.82) is 0 Å². The molecule has 114 valence electrons. The van der Waals surface area contributed by atoms with E-state index < -0.39 is 0 Å². The van der Waals surface area contributed by atoms with Crippen molar-refractivity contribution in [2.75, 3.05) is 22.9 Å². The van der Waals surface area contributed by atoms with Gasteiger partial charge in [0.25, 0.3) is 0 Å².